The van der Waals surface area contributed by atoms with E-state index in [0.29, 0.717) is 0 Å². The van der Waals surface area contributed by atoms with E-state index in [9.17, 15) is 14.4 Å². The number of ether oxygens (including phenoxy) is 12. The molecule has 15 heteroatoms. The Hall–Kier alpha value is -5.73. The minimum Gasteiger partial charge on any atom is -0.493 e. The average Bonchev–Trinajstić information content (AvgIpc) is 3.11. The molecule has 0 amide bonds. The lowest BCUT2D eigenvalue weighted by Gasteiger charge is -2.25. The molecule has 0 aliphatic heterocycles. The van der Waals surface area contributed by atoms with Crippen LogP contribution < -0.4 is 42.6 Å². The summed E-state index contributed by atoms with van der Waals surface area (Å²) in [7, 11) is 14.2. The van der Waals surface area contributed by atoms with Gasteiger partial charge >= 0.3 is 17.9 Å². The molecule has 0 radical (unpaired) electrons. The first-order valence-electron chi connectivity index (χ1n) is 13.5. The molecular formula is C32H36O15. The summed E-state index contributed by atoms with van der Waals surface area (Å²) in [5.41, 5.74) is -0.691. The number of hydrogen-bond donors (Lipinski definition) is 0. The third kappa shape index (κ3) is 6.36. The van der Waals surface area contributed by atoms with Crippen molar-refractivity contribution in [3.8, 4) is 68.6 Å². The molecular weight excluding hydrogens is 624 g/mol. The average molecular weight is 661 g/mol. The molecule has 0 fully saturated rings. The zero-order chi connectivity index (χ0) is 35.0. The molecule has 3 rings (SSSR count). The van der Waals surface area contributed by atoms with Crippen LogP contribution in [0.15, 0.2) is 18.2 Å². The van der Waals surface area contributed by atoms with E-state index in [1.54, 1.807) is 0 Å². The minimum atomic E-state index is -0.883. The monoisotopic (exact) mass is 660 g/mol. The van der Waals surface area contributed by atoms with Gasteiger partial charge in [-0.2, -0.15) is 0 Å². The first-order valence-corrected chi connectivity index (χ1v) is 13.5. The smallest absolute Gasteiger partial charge is 0.341 e. The SMILES string of the molecule is COC(=O)c1cc(OC)c(OC)c(OC)c1Oc1c(OC)c(OC)cc(C(=O)OC)c1-c1c(C(=O)OC)cc(OC)c(OC)c1OC. The Balaban J connectivity index is 2.75. The summed E-state index contributed by atoms with van der Waals surface area (Å²) >= 11 is 0. The second-order valence-corrected chi connectivity index (χ2v) is 9.03. The minimum absolute atomic E-state index is 0.00442. The molecule has 0 saturated carbocycles. The van der Waals surface area contributed by atoms with E-state index in [2.05, 4.69) is 0 Å². The van der Waals surface area contributed by atoms with Gasteiger partial charge in [-0.1, -0.05) is 0 Å². The van der Waals surface area contributed by atoms with Crippen molar-refractivity contribution in [1.82, 2.24) is 0 Å². The van der Waals surface area contributed by atoms with Crippen molar-refractivity contribution in [2.24, 2.45) is 0 Å². The topological polar surface area (TPSA) is 162 Å². The van der Waals surface area contributed by atoms with Gasteiger partial charge in [0, 0.05) is 17.2 Å². The van der Waals surface area contributed by atoms with Crippen LogP contribution in [0.4, 0.5) is 0 Å². The summed E-state index contributed by atoms with van der Waals surface area (Å²) in [6, 6.07) is 3.96. The number of methoxy groups -OCH3 is 11. The Morgan fingerprint density at radius 2 is 0.681 bits per heavy atom. The van der Waals surface area contributed by atoms with Crippen LogP contribution in [0.3, 0.4) is 0 Å². The Labute approximate surface area is 271 Å². The van der Waals surface area contributed by atoms with Gasteiger partial charge in [0.15, 0.2) is 34.5 Å². The molecule has 0 unspecified atom stereocenters. The summed E-state index contributed by atoms with van der Waals surface area (Å²) in [6.07, 6.45) is 0. The van der Waals surface area contributed by atoms with Crippen LogP contribution >= 0.6 is 0 Å². The molecule has 15 nitrogen and oxygen atoms in total. The zero-order valence-electron chi connectivity index (χ0n) is 27.9. The van der Waals surface area contributed by atoms with E-state index in [4.69, 9.17) is 56.8 Å². The molecule has 0 bridgehead atoms. The van der Waals surface area contributed by atoms with Crippen LogP contribution in [0.1, 0.15) is 31.1 Å². The van der Waals surface area contributed by atoms with Crippen LogP contribution in [-0.4, -0.2) is 96.1 Å². The Kier molecular flexibility index (Phi) is 11.8. The van der Waals surface area contributed by atoms with E-state index in [1.807, 2.05) is 0 Å². The maximum absolute atomic E-state index is 13.5. The second kappa shape index (κ2) is 15.5. The Bertz CT molecular complexity index is 1660. The van der Waals surface area contributed by atoms with Crippen molar-refractivity contribution in [2.75, 3.05) is 78.2 Å². The molecule has 0 aromatic heterocycles. The summed E-state index contributed by atoms with van der Waals surface area (Å²) in [6.45, 7) is 0. The molecule has 3 aromatic rings. The summed E-state index contributed by atoms with van der Waals surface area (Å²) in [5.74, 6) is -3.04. The van der Waals surface area contributed by atoms with E-state index >= 15 is 0 Å². The normalized spacial score (nSPS) is 10.3. The predicted molar refractivity (Wildman–Crippen MR) is 165 cm³/mol. The van der Waals surface area contributed by atoms with Crippen LogP contribution in [0.25, 0.3) is 11.1 Å². The molecule has 0 aliphatic carbocycles. The standard InChI is InChI=1S/C32H36O15/c1-36-18-12-15(30(33)44-9)21(27(42-7)24(18)39-4)22-16(31(34)45-10)13-19(37-2)25(40-5)28(22)47-23-17(32(35)46-11)14-20(38-3)26(41-6)29(23)43-8/h12-14H,1-11H3. The van der Waals surface area contributed by atoms with Crippen LogP contribution in [-0.2, 0) is 14.2 Å². The van der Waals surface area contributed by atoms with Gasteiger partial charge < -0.3 is 56.8 Å². The molecule has 254 valence electrons. The second-order valence-electron chi connectivity index (χ2n) is 9.03. The number of benzene rings is 3. The fourth-order valence-electron chi connectivity index (χ4n) is 4.85. The lowest BCUT2D eigenvalue weighted by Crippen LogP contribution is -2.13. The molecule has 0 heterocycles. The molecule has 47 heavy (non-hydrogen) atoms. The number of esters is 3. The first-order chi connectivity index (χ1) is 22.6. The lowest BCUT2D eigenvalue weighted by molar-refractivity contribution is 0.0588. The van der Waals surface area contributed by atoms with Gasteiger partial charge in [0.1, 0.15) is 5.56 Å². The number of rotatable bonds is 14. The van der Waals surface area contributed by atoms with E-state index < -0.39 is 17.9 Å². The fraction of sp³-hybridized carbons (Fsp3) is 0.344. The van der Waals surface area contributed by atoms with Gasteiger partial charge in [-0.25, -0.2) is 14.4 Å². The highest BCUT2D eigenvalue weighted by atomic mass is 16.6. The Morgan fingerprint density at radius 3 is 1.04 bits per heavy atom. The van der Waals surface area contributed by atoms with Crippen LogP contribution in [0.5, 0.6) is 57.5 Å². The van der Waals surface area contributed by atoms with E-state index in [1.165, 1.54) is 89.3 Å². The van der Waals surface area contributed by atoms with Crippen molar-refractivity contribution in [2.45, 2.75) is 0 Å². The number of carbonyl (C=O) groups is 3. The maximum Gasteiger partial charge on any atom is 0.341 e. The van der Waals surface area contributed by atoms with Crippen molar-refractivity contribution in [3.05, 3.63) is 34.9 Å². The highest BCUT2D eigenvalue weighted by Gasteiger charge is 2.36. The summed E-state index contributed by atoms with van der Waals surface area (Å²) < 4.78 is 66.5. The van der Waals surface area contributed by atoms with Crippen molar-refractivity contribution in [3.63, 3.8) is 0 Å². The van der Waals surface area contributed by atoms with Gasteiger partial charge in [-0.3, -0.25) is 0 Å². The van der Waals surface area contributed by atoms with E-state index in [-0.39, 0.29) is 85.3 Å². The molecule has 0 N–H and O–H groups in total. The van der Waals surface area contributed by atoms with Gasteiger partial charge in [-0.05, 0) is 12.1 Å². The van der Waals surface area contributed by atoms with Crippen LogP contribution in [0.2, 0.25) is 0 Å². The zero-order valence-corrected chi connectivity index (χ0v) is 27.9. The molecule has 0 atom stereocenters. The lowest BCUT2D eigenvalue weighted by atomic mass is 9.91. The highest BCUT2D eigenvalue weighted by molar-refractivity contribution is 6.09. The van der Waals surface area contributed by atoms with Crippen molar-refractivity contribution >= 4 is 17.9 Å². The molecule has 0 aliphatic rings. The van der Waals surface area contributed by atoms with Crippen molar-refractivity contribution < 1.29 is 71.2 Å². The first kappa shape index (κ1) is 35.7. The maximum atomic E-state index is 13.5. The van der Waals surface area contributed by atoms with Gasteiger partial charge in [0.05, 0.1) is 89.3 Å². The fourth-order valence-corrected chi connectivity index (χ4v) is 4.85. The third-order valence-electron chi connectivity index (χ3n) is 6.91. The van der Waals surface area contributed by atoms with E-state index in [0.717, 1.165) is 7.11 Å². The molecule has 3 aromatic carbocycles. The largest absolute Gasteiger partial charge is 0.493 e. The molecule has 0 saturated heterocycles. The van der Waals surface area contributed by atoms with Gasteiger partial charge in [0.2, 0.25) is 23.0 Å². The summed E-state index contributed by atoms with van der Waals surface area (Å²) in [5, 5.41) is 0. The highest BCUT2D eigenvalue weighted by Crippen LogP contribution is 2.57. The van der Waals surface area contributed by atoms with Gasteiger partial charge in [0.25, 0.3) is 0 Å². The number of hydrogen-bond acceptors (Lipinski definition) is 15. The van der Waals surface area contributed by atoms with Gasteiger partial charge in [-0.15, -0.1) is 0 Å². The third-order valence-corrected chi connectivity index (χ3v) is 6.91. The van der Waals surface area contributed by atoms with Crippen molar-refractivity contribution in [1.29, 1.82) is 0 Å². The predicted octanol–water partition coefficient (Wildman–Crippen LogP) is 4.57. The summed E-state index contributed by atoms with van der Waals surface area (Å²) in [4.78, 5) is 40.0. The molecule has 0 spiro atoms. The quantitative estimate of drug-likeness (QED) is 0.174. The number of carbonyl (C=O) groups excluding carboxylic acids is 3. The van der Waals surface area contributed by atoms with Crippen LogP contribution in [0, 0.1) is 0 Å². The Morgan fingerprint density at radius 1 is 0.362 bits per heavy atom.